The smallest absolute Gasteiger partial charge is 0.306 e. The number of H-pyrrole nitrogens is 1. The third kappa shape index (κ3) is 1.74. The standard InChI is InChI=1S/C12H13N5O5/c13-12-15-9-7(10(20)16-12)14-3-17(9)11-8-4(1-6(19)22-8)5(2-18)21-11/h3-5,8,11,18H,1-2H2,(H3,13,15,16,20)/t4-,5?,8-,11-/m1/s1. The third-order valence-corrected chi connectivity index (χ3v) is 4.07. The van der Waals surface area contributed by atoms with Gasteiger partial charge in [-0.2, -0.15) is 4.98 Å². The highest BCUT2D eigenvalue weighted by Crippen LogP contribution is 2.42. The zero-order valence-corrected chi connectivity index (χ0v) is 11.3. The molecule has 116 valence electrons. The normalized spacial score (nSPS) is 30.7. The first-order valence-corrected chi connectivity index (χ1v) is 6.76. The molecule has 2 aliphatic heterocycles. The predicted octanol–water partition coefficient (Wildman–Crippen LogP) is -1.48. The van der Waals surface area contributed by atoms with Crippen molar-refractivity contribution in [2.45, 2.75) is 24.9 Å². The zero-order chi connectivity index (χ0) is 15.4. The van der Waals surface area contributed by atoms with E-state index in [1.807, 2.05) is 0 Å². The minimum atomic E-state index is -0.702. The summed E-state index contributed by atoms with van der Waals surface area (Å²) in [6, 6.07) is 0. The van der Waals surface area contributed by atoms with Gasteiger partial charge in [0.15, 0.2) is 23.5 Å². The van der Waals surface area contributed by atoms with Crippen molar-refractivity contribution in [3.8, 4) is 0 Å². The Kier molecular flexibility index (Phi) is 2.71. The average molecular weight is 307 g/mol. The second-order valence-electron chi connectivity index (χ2n) is 5.35. The van der Waals surface area contributed by atoms with Gasteiger partial charge in [0.2, 0.25) is 5.95 Å². The SMILES string of the molecule is Nc1nc2c(ncn2[C@@H]2OC(CO)[C@H]3CC(=O)O[C@H]32)c(=O)[nH]1. The van der Waals surface area contributed by atoms with E-state index in [9.17, 15) is 14.7 Å². The first-order chi connectivity index (χ1) is 10.6. The lowest BCUT2D eigenvalue weighted by Crippen LogP contribution is -2.24. The van der Waals surface area contributed by atoms with Gasteiger partial charge in [0.1, 0.15) is 0 Å². The number of aromatic nitrogens is 4. The predicted molar refractivity (Wildman–Crippen MR) is 71.5 cm³/mol. The highest BCUT2D eigenvalue weighted by Gasteiger charge is 2.52. The Morgan fingerprint density at radius 1 is 1.50 bits per heavy atom. The van der Waals surface area contributed by atoms with Gasteiger partial charge >= 0.3 is 5.97 Å². The number of aliphatic hydroxyl groups is 1. The quantitative estimate of drug-likeness (QED) is 0.570. The van der Waals surface area contributed by atoms with Crippen LogP contribution in [0.5, 0.6) is 0 Å². The van der Waals surface area contributed by atoms with Crippen LogP contribution in [-0.4, -0.2) is 49.4 Å². The molecule has 4 rings (SSSR count). The molecule has 4 N–H and O–H groups in total. The van der Waals surface area contributed by atoms with Crippen LogP contribution in [0.1, 0.15) is 12.6 Å². The molecular formula is C12H13N5O5. The van der Waals surface area contributed by atoms with Gasteiger partial charge in [-0.1, -0.05) is 0 Å². The largest absolute Gasteiger partial charge is 0.457 e. The summed E-state index contributed by atoms with van der Waals surface area (Å²) in [6.07, 6.45) is -0.190. The van der Waals surface area contributed by atoms with E-state index in [0.29, 0.717) is 0 Å². The number of esters is 1. The lowest BCUT2D eigenvalue weighted by molar-refractivity contribution is -0.149. The van der Waals surface area contributed by atoms with E-state index in [-0.39, 0.29) is 42.0 Å². The van der Waals surface area contributed by atoms with Crippen molar-refractivity contribution < 1.29 is 19.4 Å². The summed E-state index contributed by atoms with van der Waals surface area (Å²) in [6.45, 7) is -0.225. The van der Waals surface area contributed by atoms with E-state index >= 15 is 0 Å². The number of hydrogen-bond donors (Lipinski definition) is 3. The zero-order valence-electron chi connectivity index (χ0n) is 11.3. The molecule has 0 bridgehead atoms. The van der Waals surface area contributed by atoms with Crippen molar-refractivity contribution in [3.63, 3.8) is 0 Å². The Labute approximate surface area is 122 Å². The van der Waals surface area contributed by atoms with Crippen molar-refractivity contribution >= 4 is 23.1 Å². The number of imidazole rings is 1. The summed E-state index contributed by atoms with van der Waals surface area (Å²) in [5.74, 6) is -0.619. The van der Waals surface area contributed by atoms with Gasteiger partial charge in [0.25, 0.3) is 5.56 Å². The minimum absolute atomic E-state index is 0.0454. The summed E-state index contributed by atoms with van der Waals surface area (Å²) in [5, 5.41) is 9.41. The number of nitrogens with zero attached hydrogens (tertiary/aromatic N) is 3. The Hall–Kier alpha value is -2.46. The molecule has 10 heteroatoms. The van der Waals surface area contributed by atoms with Gasteiger partial charge in [-0.05, 0) is 0 Å². The van der Waals surface area contributed by atoms with Crippen LogP contribution in [0.15, 0.2) is 11.1 Å². The van der Waals surface area contributed by atoms with Crippen LogP contribution in [0.3, 0.4) is 0 Å². The molecular weight excluding hydrogens is 294 g/mol. The van der Waals surface area contributed by atoms with Crippen LogP contribution in [0, 0.1) is 5.92 Å². The fourth-order valence-corrected chi connectivity index (χ4v) is 3.10. The molecule has 2 fully saturated rings. The highest BCUT2D eigenvalue weighted by molar-refractivity contribution is 5.73. The maximum atomic E-state index is 11.8. The minimum Gasteiger partial charge on any atom is -0.457 e. The third-order valence-electron chi connectivity index (χ3n) is 4.07. The van der Waals surface area contributed by atoms with E-state index in [1.165, 1.54) is 10.9 Å². The molecule has 22 heavy (non-hydrogen) atoms. The van der Waals surface area contributed by atoms with E-state index < -0.39 is 24.0 Å². The van der Waals surface area contributed by atoms with E-state index in [1.54, 1.807) is 0 Å². The molecule has 10 nitrogen and oxygen atoms in total. The second-order valence-corrected chi connectivity index (χ2v) is 5.35. The van der Waals surface area contributed by atoms with Crippen LogP contribution in [0.4, 0.5) is 5.95 Å². The van der Waals surface area contributed by atoms with Crippen LogP contribution in [0.2, 0.25) is 0 Å². The molecule has 4 heterocycles. The summed E-state index contributed by atoms with van der Waals surface area (Å²) >= 11 is 0. The van der Waals surface area contributed by atoms with Crippen LogP contribution in [-0.2, 0) is 14.3 Å². The van der Waals surface area contributed by atoms with Gasteiger partial charge in [-0.25, -0.2) is 4.98 Å². The first-order valence-electron chi connectivity index (χ1n) is 6.76. The lowest BCUT2D eigenvalue weighted by Gasteiger charge is -2.18. The molecule has 0 aliphatic carbocycles. The average Bonchev–Trinajstić information content (AvgIpc) is 3.11. The molecule has 2 aromatic rings. The van der Waals surface area contributed by atoms with Gasteiger partial charge in [-0.15, -0.1) is 0 Å². The Balaban J connectivity index is 1.82. The summed E-state index contributed by atoms with van der Waals surface area (Å²) in [5.41, 5.74) is 5.46. The number of nitrogens with one attached hydrogen (secondary N) is 1. The Bertz CT molecular complexity index is 814. The molecule has 4 atom stereocenters. The number of anilines is 1. The van der Waals surface area contributed by atoms with E-state index in [0.717, 1.165) is 0 Å². The maximum Gasteiger partial charge on any atom is 0.306 e. The number of nitrogens with two attached hydrogens (primary N) is 1. The number of carbonyl (C=O) groups excluding carboxylic acids is 1. The number of nitrogen functional groups attached to an aromatic ring is 1. The molecule has 2 aliphatic rings. The van der Waals surface area contributed by atoms with Crippen molar-refractivity contribution in [1.29, 1.82) is 0 Å². The van der Waals surface area contributed by atoms with Gasteiger partial charge in [0, 0.05) is 5.92 Å². The van der Waals surface area contributed by atoms with Crippen molar-refractivity contribution in [3.05, 3.63) is 16.7 Å². The fraction of sp³-hybridized carbons (Fsp3) is 0.500. The molecule has 0 spiro atoms. The van der Waals surface area contributed by atoms with Gasteiger partial charge in [0.05, 0.1) is 25.5 Å². The van der Waals surface area contributed by atoms with Crippen molar-refractivity contribution in [2.75, 3.05) is 12.3 Å². The number of rotatable bonds is 2. The van der Waals surface area contributed by atoms with Gasteiger partial charge < -0.3 is 20.3 Å². The Morgan fingerprint density at radius 3 is 3.09 bits per heavy atom. The monoisotopic (exact) mass is 307 g/mol. The number of hydrogen-bond acceptors (Lipinski definition) is 8. The molecule has 0 aromatic carbocycles. The maximum absolute atomic E-state index is 11.8. The number of aliphatic hydroxyl groups excluding tert-OH is 1. The molecule has 0 saturated carbocycles. The molecule has 0 radical (unpaired) electrons. The summed E-state index contributed by atoms with van der Waals surface area (Å²) in [7, 11) is 0. The number of ether oxygens (including phenoxy) is 2. The first kappa shape index (κ1) is 13.2. The summed E-state index contributed by atoms with van der Waals surface area (Å²) < 4.78 is 12.6. The fourth-order valence-electron chi connectivity index (χ4n) is 3.10. The molecule has 0 amide bonds. The number of carbonyl (C=O) groups is 1. The van der Waals surface area contributed by atoms with E-state index in [2.05, 4.69) is 15.0 Å². The molecule has 1 unspecified atom stereocenters. The molecule has 2 saturated heterocycles. The molecule has 2 aromatic heterocycles. The summed E-state index contributed by atoms with van der Waals surface area (Å²) in [4.78, 5) is 33.8. The van der Waals surface area contributed by atoms with Crippen molar-refractivity contribution in [1.82, 2.24) is 19.5 Å². The van der Waals surface area contributed by atoms with Crippen LogP contribution >= 0.6 is 0 Å². The second kappa shape index (κ2) is 4.52. The highest BCUT2D eigenvalue weighted by atomic mass is 16.6. The van der Waals surface area contributed by atoms with Crippen molar-refractivity contribution in [2.24, 2.45) is 5.92 Å². The van der Waals surface area contributed by atoms with Gasteiger partial charge in [-0.3, -0.25) is 19.1 Å². The van der Waals surface area contributed by atoms with Crippen LogP contribution in [0.25, 0.3) is 11.2 Å². The Morgan fingerprint density at radius 2 is 2.32 bits per heavy atom. The lowest BCUT2D eigenvalue weighted by atomic mass is 9.97. The topological polar surface area (TPSA) is 145 Å². The van der Waals surface area contributed by atoms with Crippen LogP contribution < -0.4 is 11.3 Å². The number of fused-ring (bicyclic) bond motifs is 2. The number of aromatic amines is 1. The van der Waals surface area contributed by atoms with E-state index in [4.69, 9.17) is 15.2 Å².